The van der Waals surface area contributed by atoms with Crippen LogP contribution in [0.5, 0.6) is 0 Å². The van der Waals surface area contributed by atoms with E-state index < -0.39 is 0 Å². The predicted molar refractivity (Wildman–Crippen MR) is 101 cm³/mol. The Kier molecular flexibility index (Phi) is 4.38. The molecule has 1 N–H and O–H groups in total. The van der Waals surface area contributed by atoms with Gasteiger partial charge in [-0.25, -0.2) is 4.98 Å². The Bertz CT molecular complexity index is 946. The first kappa shape index (κ1) is 16.7. The topological polar surface area (TPSA) is 75.9 Å². The quantitative estimate of drug-likeness (QED) is 0.765. The molecule has 7 heteroatoms. The number of fused-ring (bicyclic) bond motifs is 1. The number of rotatable bonds is 5. The number of hydrogen-bond acceptors (Lipinski definition) is 5. The van der Waals surface area contributed by atoms with Crippen molar-refractivity contribution in [3.63, 3.8) is 0 Å². The number of hydrogen-bond donors (Lipinski definition) is 1. The van der Waals surface area contributed by atoms with E-state index in [-0.39, 0.29) is 5.91 Å². The fourth-order valence-corrected chi connectivity index (χ4v) is 3.19. The molecule has 0 atom stereocenters. The Morgan fingerprint density at radius 3 is 2.77 bits per heavy atom. The highest BCUT2D eigenvalue weighted by Gasteiger charge is 2.23. The van der Waals surface area contributed by atoms with E-state index in [9.17, 15) is 4.79 Å². The molecule has 0 aliphatic heterocycles. The molecule has 0 aromatic carbocycles. The molecule has 3 heterocycles. The molecule has 4 rings (SSSR count). The SMILES string of the molecule is CN(CC(=O)Nc1cc2cc(-c3cnn(C)c3)cnc2cn1)C1CCC1. The van der Waals surface area contributed by atoms with E-state index in [0.717, 1.165) is 22.0 Å². The van der Waals surface area contributed by atoms with Crippen LogP contribution in [0.15, 0.2) is 36.9 Å². The van der Waals surface area contributed by atoms with Gasteiger partial charge in [0.05, 0.1) is 24.5 Å². The van der Waals surface area contributed by atoms with Crippen LogP contribution in [0.4, 0.5) is 5.82 Å². The Morgan fingerprint density at radius 1 is 1.23 bits per heavy atom. The molecule has 1 fully saturated rings. The average Bonchev–Trinajstić information content (AvgIpc) is 2.98. The van der Waals surface area contributed by atoms with Gasteiger partial charge in [0.15, 0.2) is 0 Å². The highest BCUT2D eigenvalue weighted by atomic mass is 16.2. The van der Waals surface area contributed by atoms with Gasteiger partial charge in [0.25, 0.3) is 0 Å². The van der Waals surface area contributed by atoms with E-state index in [1.54, 1.807) is 10.9 Å². The summed E-state index contributed by atoms with van der Waals surface area (Å²) in [6.45, 7) is 0.387. The summed E-state index contributed by atoms with van der Waals surface area (Å²) in [5.74, 6) is 0.511. The lowest BCUT2D eigenvalue weighted by Gasteiger charge is -2.34. The van der Waals surface area contributed by atoms with Crippen molar-refractivity contribution >= 4 is 22.6 Å². The lowest BCUT2D eigenvalue weighted by molar-refractivity contribution is -0.117. The monoisotopic (exact) mass is 350 g/mol. The number of carbonyl (C=O) groups excluding carboxylic acids is 1. The zero-order chi connectivity index (χ0) is 18.1. The number of anilines is 1. The van der Waals surface area contributed by atoms with Crippen molar-refractivity contribution < 1.29 is 4.79 Å². The molecule has 134 valence electrons. The van der Waals surface area contributed by atoms with Crippen molar-refractivity contribution in [1.29, 1.82) is 0 Å². The van der Waals surface area contributed by atoms with Crippen molar-refractivity contribution in [3.8, 4) is 11.1 Å². The van der Waals surface area contributed by atoms with E-state index in [1.165, 1.54) is 19.3 Å². The minimum absolute atomic E-state index is 0.0392. The van der Waals surface area contributed by atoms with Gasteiger partial charge in [0.2, 0.25) is 5.91 Å². The maximum atomic E-state index is 12.3. The summed E-state index contributed by atoms with van der Waals surface area (Å²) in [5, 5.41) is 8.03. The van der Waals surface area contributed by atoms with Gasteiger partial charge in [-0.1, -0.05) is 6.42 Å². The molecule has 1 aliphatic carbocycles. The van der Waals surface area contributed by atoms with Crippen LogP contribution in [0.1, 0.15) is 19.3 Å². The molecule has 0 saturated heterocycles. The van der Waals surface area contributed by atoms with Gasteiger partial charge >= 0.3 is 0 Å². The standard InChI is InChI=1S/C19H22N6O/c1-24(16-4-3-5-16)12-19(26)23-18-7-13-6-14(8-20-17(13)10-21-18)15-9-22-25(2)11-15/h6-11,16H,3-5,12H2,1-2H3,(H,21,23,26). The minimum Gasteiger partial charge on any atom is -0.310 e. The number of aryl methyl sites for hydroxylation is 1. The molecule has 0 bridgehead atoms. The van der Waals surface area contributed by atoms with Crippen LogP contribution in [0, 0.1) is 0 Å². The molecule has 7 nitrogen and oxygen atoms in total. The summed E-state index contributed by atoms with van der Waals surface area (Å²) < 4.78 is 1.76. The maximum Gasteiger partial charge on any atom is 0.239 e. The summed E-state index contributed by atoms with van der Waals surface area (Å²) in [7, 11) is 3.89. The largest absolute Gasteiger partial charge is 0.310 e. The molecule has 0 radical (unpaired) electrons. The Labute approximate surface area is 152 Å². The van der Waals surface area contributed by atoms with Crippen LogP contribution in [-0.4, -0.2) is 50.2 Å². The third-order valence-electron chi connectivity index (χ3n) is 4.96. The van der Waals surface area contributed by atoms with Gasteiger partial charge in [-0.15, -0.1) is 0 Å². The lowest BCUT2D eigenvalue weighted by Crippen LogP contribution is -2.41. The molecular formula is C19H22N6O. The van der Waals surface area contributed by atoms with Crippen LogP contribution in [0.3, 0.4) is 0 Å². The molecule has 1 saturated carbocycles. The third-order valence-corrected chi connectivity index (χ3v) is 4.96. The summed E-state index contributed by atoms with van der Waals surface area (Å²) in [4.78, 5) is 23.2. The van der Waals surface area contributed by atoms with Gasteiger partial charge in [-0.2, -0.15) is 5.10 Å². The maximum absolute atomic E-state index is 12.3. The third kappa shape index (κ3) is 3.43. The zero-order valence-electron chi connectivity index (χ0n) is 15.0. The molecule has 0 unspecified atom stereocenters. The highest BCUT2D eigenvalue weighted by Crippen LogP contribution is 2.24. The second-order valence-corrected chi connectivity index (χ2v) is 6.94. The first-order valence-corrected chi connectivity index (χ1v) is 8.83. The number of amides is 1. The smallest absolute Gasteiger partial charge is 0.239 e. The van der Waals surface area contributed by atoms with Gasteiger partial charge in [0, 0.05) is 42.0 Å². The van der Waals surface area contributed by atoms with E-state index in [4.69, 9.17) is 0 Å². The van der Waals surface area contributed by atoms with E-state index in [1.807, 2.05) is 44.8 Å². The molecule has 26 heavy (non-hydrogen) atoms. The Morgan fingerprint density at radius 2 is 2.08 bits per heavy atom. The summed E-state index contributed by atoms with van der Waals surface area (Å²) in [6.07, 6.45) is 10.9. The van der Waals surface area contributed by atoms with Crippen LogP contribution >= 0.6 is 0 Å². The number of carbonyl (C=O) groups is 1. The Balaban J connectivity index is 1.51. The second-order valence-electron chi connectivity index (χ2n) is 6.94. The van der Waals surface area contributed by atoms with Gasteiger partial charge in [0.1, 0.15) is 5.82 Å². The minimum atomic E-state index is -0.0392. The first-order chi connectivity index (χ1) is 12.6. The van der Waals surface area contributed by atoms with Gasteiger partial charge in [-0.3, -0.25) is 19.4 Å². The fraction of sp³-hybridized carbons (Fsp3) is 0.368. The van der Waals surface area contributed by atoms with E-state index >= 15 is 0 Å². The summed E-state index contributed by atoms with van der Waals surface area (Å²) in [6, 6.07) is 4.44. The predicted octanol–water partition coefficient (Wildman–Crippen LogP) is 2.45. The van der Waals surface area contributed by atoms with E-state index in [2.05, 4.69) is 25.3 Å². The first-order valence-electron chi connectivity index (χ1n) is 8.83. The normalized spacial score (nSPS) is 14.6. The van der Waals surface area contributed by atoms with Crippen molar-refractivity contribution in [2.24, 2.45) is 7.05 Å². The molecular weight excluding hydrogens is 328 g/mol. The van der Waals surface area contributed by atoms with Crippen LogP contribution in [0.2, 0.25) is 0 Å². The summed E-state index contributed by atoms with van der Waals surface area (Å²) in [5.41, 5.74) is 2.78. The molecule has 3 aromatic heterocycles. The number of pyridine rings is 2. The molecule has 0 spiro atoms. The Hall–Kier alpha value is -2.80. The number of nitrogens with one attached hydrogen (secondary N) is 1. The number of aromatic nitrogens is 4. The average molecular weight is 350 g/mol. The lowest BCUT2D eigenvalue weighted by atomic mass is 9.92. The van der Waals surface area contributed by atoms with Crippen LogP contribution in [0.25, 0.3) is 22.0 Å². The van der Waals surface area contributed by atoms with Crippen molar-refractivity contribution in [3.05, 3.63) is 36.9 Å². The number of likely N-dealkylation sites (N-methyl/N-ethyl adjacent to an activating group) is 1. The molecule has 1 aliphatic rings. The van der Waals surface area contributed by atoms with Crippen LogP contribution < -0.4 is 5.32 Å². The second kappa shape index (κ2) is 6.84. The van der Waals surface area contributed by atoms with Gasteiger partial charge in [-0.05, 0) is 32.0 Å². The zero-order valence-corrected chi connectivity index (χ0v) is 15.0. The molecule has 1 amide bonds. The van der Waals surface area contributed by atoms with Crippen molar-refractivity contribution in [1.82, 2.24) is 24.6 Å². The highest BCUT2D eigenvalue weighted by molar-refractivity contribution is 5.93. The van der Waals surface area contributed by atoms with E-state index in [0.29, 0.717) is 18.4 Å². The fourth-order valence-electron chi connectivity index (χ4n) is 3.19. The summed E-state index contributed by atoms with van der Waals surface area (Å²) >= 11 is 0. The van der Waals surface area contributed by atoms with Crippen molar-refractivity contribution in [2.45, 2.75) is 25.3 Å². The number of nitrogens with zero attached hydrogens (tertiary/aromatic N) is 5. The van der Waals surface area contributed by atoms with Crippen LogP contribution in [-0.2, 0) is 11.8 Å². The van der Waals surface area contributed by atoms with Crippen molar-refractivity contribution in [2.75, 3.05) is 18.9 Å². The molecule has 3 aromatic rings. The van der Waals surface area contributed by atoms with Gasteiger partial charge < -0.3 is 5.32 Å².